The molecule has 2 rings (SSSR count). The second-order valence-corrected chi connectivity index (χ2v) is 3.85. The molecule has 0 fully saturated rings. The van der Waals surface area contributed by atoms with Crippen molar-refractivity contribution in [1.29, 1.82) is 0 Å². The van der Waals surface area contributed by atoms with E-state index in [1.165, 1.54) is 19.1 Å². The first kappa shape index (κ1) is 11.4. The Morgan fingerprint density at radius 1 is 1.41 bits per heavy atom. The van der Waals surface area contributed by atoms with Crippen molar-refractivity contribution < 1.29 is 14.3 Å². The quantitative estimate of drug-likeness (QED) is 0.865. The van der Waals surface area contributed by atoms with Gasteiger partial charge in [-0.15, -0.1) is 0 Å². The van der Waals surface area contributed by atoms with Crippen molar-refractivity contribution in [3.8, 4) is 0 Å². The van der Waals surface area contributed by atoms with Gasteiger partial charge in [0.15, 0.2) is 0 Å². The molecule has 88 valence electrons. The highest BCUT2D eigenvalue weighted by atomic mass is 19.1. The topological polar surface area (TPSA) is 63.1 Å². The van der Waals surface area contributed by atoms with Gasteiger partial charge in [-0.05, 0) is 19.9 Å². The molecule has 0 saturated carbocycles. The Bertz CT molecular complexity index is 598. The summed E-state index contributed by atoms with van der Waals surface area (Å²) in [5.74, 6) is -1.88. The number of rotatable bonds is 2. The molecule has 1 unspecified atom stereocenters. The number of benzene rings is 1. The number of carboxylic acid groups (broad SMARTS) is 1. The molecule has 1 N–H and O–H groups in total. The predicted octanol–water partition coefficient (Wildman–Crippen LogP) is 2.27. The number of para-hydroxylation sites is 1. The minimum absolute atomic E-state index is 0.170. The highest BCUT2D eigenvalue weighted by molar-refractivity contribution is 5.87. The summed E-state index contributed by atoms with van der Waals surface area (Å²) in [5, 5.41) is 9.45. The summed E-state index contributed by atoms with van der Waals surface area (Å²) in [6, 6.07) is 4.45. The van der Waals surface area contributed by atoms with Crippen LogP contribution in [0.2, 0.25) is 0 Å². The van der Waals surface area contributed by atoms with Gasteiger partial charge in [0.2, 0.25) is 0 Å². The van der Waals surface area contributed by atoms with Crippen molar-refractivity contribution >= 4 is 16.9 Å². The van der Waals surface area contributed by atoms with Crippen LogP contribution in [0, 0.1) is 12.7 Å². The molecule has 0 aliphatic heterocycles. The molecule has 0 bridgehead atoms. The largest absolute Gasteiger partial charge is 0.481 e. The van der Waals surface area contributed by atoms with Gasteiger partial charge >= 0.3 is 5.97 Å². The Hall–Kier alpha value is -2.04. The molecule has 0 spiro atoms. The number of aromatic nitrogens is 2. The third-order valence-electron chi connectivity index (χ3n) is 2.60. The molecule has 1 aromatic heterocycles. The predicted molar refractivity (Wildman–Crippen MR) is 60.3 cm³/mol. The van der Waals surface area contributed by atoms with E-state index in [2.05, 4.69) is 9.97 Å². The van der Waals surface area contributed by atoms with E-state index >= 15 is 0 Å². The van der Waals surface area contributed by atoms with Gasteiger partial charge in [-0.2, -0.15) is 0 Å². The molecular weight excluding hydrogens is 223 g/mol. The van der Waals surface area contributed by atoms with Crippen molar-refractivity contribution in [2.45, 2.75) is 19.8 Å². The van der Waals surface area contributed by atoms with E-state index in [4.69, 9.17) is 5.11 Å². The first-order chi connectivity index (χ1) is 8.00. The zero-order valence-electron chi connectivity index (χ0n) is 9.44. The van der Waals surface area contributed by atoms with Crippen molar-refractivity contribution in [1.82, 2.24) is 9.97 Å². The molecule has 0 saturated heterocycles. The van der Waals surface area contributed by atoms with E-state index in [1.54, 1.807) is 13.0 Å². The second kappa shape index (κ2) is 4.08. The fourth-order valence-electron chi connectivity index (χ4n) is 1.70. The summed E-state index contributed by atoms with van der Waals surface area (Å²) in [5.41, 5.74) is 0.516. The first-order valence-electron chi connectivity index (χ1n) is 5.16. The Morgan fingerprint density at radius 3 is 2.76 bits per heavy atom. The lowest BCUT2D eigenvalue weighted by Gasteiger charge is -2.10. The van der Waals surface area contributed by atoms with Crippen LogP contribution in [0.1, 0.15) is 24.4 Å². The minimum atomic E-state index is -0.992. The molecule has 1 atom stereocenters. The molecule has 0 radical (unpaired) electrons. The van der Waals surface area contributed by atoms with Crippen LogP contribution < -0.4 is 0 Å². The van der Waals surface area contributed by atoms with Crippen molar-refractivity contribution in [2.75, 3.05) is 0 Å². The summed E-state index contributed by atoms with van der Waals surface area (Å²) >= 11 is 0. The zero-order valence-corrected chi connectivity index (χ0v) is 9.44. The Kier molecular flexibility index (Phi) is 2.75. The number of carbonyl (C=O) groups is 1. The fraction of sp³-hybridized carbons (Fsp3) is 0.250. The maximum absolute atomic E-state index is 13.6. The van der Waals surface area contributed by atoms with Crippen LogP contribution in [-0.4, -0.2) is 21.0 Å². The summed E-state index contributed by atoms with van der Waals surface area (Å²) in [6.07, 6.45) is 0. The van der Waals surface area contributed by atoms with Crippen molar-refractivity contribution in [3.63, 3.8) is 0 Å². The summed E-state index contributed by atoms with van der Waals surface area (Å²) in [4.78, 5) is 19.1. The number of fused-ring (bicyclic) bond motifs is 1. The van der Waals surface area contributed by atoms with Gasteiger partial charge in [0.25, 0.3) is 0 Å². The monoisotopic (exact) mass is 234 g/mol. The van der Waals surface area contributed by atoms with Crippen LogP contribution in [0.4, 0.5) is 4.39 Å². The van der Waals surface area contributed by atoms with E-state index in [9.17, 15) is 9.18 Å². The van der Waals surface area contributed by atoms with E-state index < -0.39 is 17.7 Å². The molecule has 0 amide bonds. The second-order valence-electron chi connectivity index (χ2n) is 3.85. The van der Waals surface area contributed by atoms with E-state index in [-0.39, 0.29) is 5.52 Å². The van der Waals surface area contributed by atoms with Gasteiger partial charge in [0.1, 0.15) is 17.2 Å². The van der Waals surface area contributed by atoms with Crippen molar-refractivity contribution in [2.24, 2.45) is 0 Å². The maximum Gasteiger partial charge on any atom is 0.312 e. The van der Waals surface area contributed by atoms with Crippen LogP contribution in [0.5, 0.6) is 0 Å². The van der Waals surface area contributed by atoms with Gasteiger partial charge < -0.3 is 5.11 Å². The lowest BCUT2D eigenvalue weighted by atomic mass is 10.0. The number of aryl methyl sites for hydroxylation is 1. The van der Waals surface area contributed by atoms with Gasteiger partial charge in [0, 0.05) is 5.39 Å². The highest BCUT2D eigenvalue weighted by Gasteiger charge is 2.20. The van der Waals surface area contributed by atoms with Gasteiger partial charge in [-0.3, -0.25) is 4.79 Å². The fourth-order valence-corrected chi connectivity index (χ4v) is 1.70. The van der Waals surface area contributed by atoms with Crippen LogP contribution >= 0.6 is 0 Å². The smallest absolute Gasteiger partial charge is 0.312 e. The first-order valence-corrected chi connectivity index (χ1v) is 5.16. The summed E-state index contributed by atoms with van der Waals surface area (Å²) < 4.78 is 13.6. The Labute approximate surface area is 97.1 Å². The van der Waals surface area contributed by atoms with Crippen LogP contribution in [0.15, 0.2) is 18.2 Å². The highest BCUT2D eigenvalue weighted by Crippen LogP contribution is 2.24. The van der Waals surface area contributed by atoms with Gasteiger partial charge in [0.05, 0.1) is 11.6 Å². The third kappa shape index (κ3) is 1.95. The lowest BCUT2D eigenvalue weighted by Crippen LogP contribution is -2.11. The van der Waals surface area contributed by atoms with Crippen molar-refractivity contribution in [3.05, 3.63) is 35.5 Å². The van der Waals surface area contributed by atoms with Gasteiger partial charge in [-0.1, -0.05) is 12.1 Å². The number of hydrogen-bond acceptors (Lipinski definition) is 3. The summed E-state index contributed by atoms with van der Waals surface area (Å²) in [7, 11) is 0. The summed E-state index contributed by atoms with van der Waals surface area (Å²) in [6.45, 7) is 3.14. The normalized spacial score (nSPS) is 12.6. The van der Waals surface area contributed by atoms with E-state index in [0.717, 1.165) is 0 Å². The lowest BCUT2D eigenvalue weighted by molar-refractivity contribution is -0.138. The number of hydrogen-bond donors (Lipinski definition) is 1. The minimum Gasteiger partial charge on any atom is -0.481 e. The Balaban J connectivity index is 2.79. The number of nitrogens with zero attached hydrogens (tertiary/aromatic N) is 2. The molecule has 5 heteroatoms. The Morgan fingerprint density at radius 2 is 2.12 bits per heavy atom. The third-order valence-corrected chi connectivity index (χ3v) is 2.60. The number of halogens is 1. The average Bonchev–Trinajstić information content (AvgIpc) is 2.28. The molecule has 4 nitrogen and oxygen atoms in total. The zero-order chi connectivity index (χ0) is 12.6. The average molecular weight is 234 g/mol. The van der Waals surface area contributed by atoms with Crippen LogP contribution in [-0.2, 0) is 4.79 Å². The number of carboxylic acids is 1. The molecule has 0 aliphatic rings. The van der Waals surface area contributed by atoms with Crippen LogP contribution in [0.3, 0.4) is 0 Å². The van der Waals surface area contributed by atoms with E-state index in [0.29, 0.717) is 16.9 Å². The number of aliphatic carboxylic acids is 1. The van der Waals surface area contributed by atoms with Crippen LogP contribution in [0.25, 0.3) is 10.9 Å². The molecule has 2 aromatic rings. The molecular formula is C12H11FN2O2. The molecule has 17 heavy (non-hydrogen) atoms. The molecule has 1 aromatic carbocycles. The van der Waals surface area contributed by atoms with Gasteiger partial charge in [-0.25, -0.2) is 14.4 Å². The SMILES string of the molecule is Cc1nc(C(C)C(=O)O)c2cccc(F)c2n1. The maximum atomic E-state index is 13.6. The van der Waals surface area contributed by atoms with E-state index in [1.807, 2.05) is 0 Å². The standard InChI is InChI=1S/C12H11FN2O2/c1-6(12(16)17)10-8-4-3-5-9(13)11(8)15-7(2)14-10/h3-6H,1-2H3,(H,16,17). The molecule has 1 heterocycles. The molecule has 0 aliphatic carbocycles.